The number of amides is 1. The average molecular weight is 316 g/mol. The molecule has 0 radical (unpaired) electrons. The Bertz CT molecular complexity index is 674. The summed E-state index contributed by atoms with van der Waals surface area (Å²) in [6, 6.07) is 9.26. The predicted molar refractivity (Wildman–Crippen MR) is 85.3 cm³/mol. The number of hydrogen-bond donors (Lipinski definition) is 0. The molecule has 0 saturated heterocycles. The lowest BCUT2D eigenvalue weighted by Gasteiger charge is -2.24. The number of likely N-dealkylation sites (N-methyl/N-ethyl adjacent to an activating group) is 1. The van der Waals surface area contributed by atoms with Gasteiger partial charge in [-0.15, -0.1) is 0 Å². The topological polar surface area (TPSA) is 72.6 Å². The van der Waals surface area contributed by atoms with Crippen LogP contribution >= 0.6 is 0 Å². The minimum atomic E-state index is -0.906. The molecule has 0 fully saturated rings. The van der Waals surface area contributed by atoms with E-state index < -0.39 is 12.1 Å². The van der Waals surface area contributed by atoms with Gasteiger partial charge < -0.3 is 14.2 Å². The lowest BCUT2D eigenvalue weighted by atomic mass is 10.2. The van der Waals surface area contributed by atoms with E-state index in [9.17, 15) is 9.59 Å². The molecule has 23 heavy (non-hydrogen) atoms. The van der Waals surface area contributed by atoms with Crippen molar-refractivity contribution in [3.8, 4) is 0 Å². The van der Waals surface area contributed by atoms with Crippen molar-refractivity contribution in [3.05, 3.63) is 47.3 Å². The monoisotopic (exact) mass is 316 g/mol. The van der Waals surface area contributed by atoms with E-state index in [2.05, 4.69) is 5.16 Å². The second-order valence-electron chi connectivity index (χ2n) is 5.16. The zero-order valence-electron chi connectivity index (χ0n) is 13.7. The molecule has 2 aromatic rings. The van der Waals surface area contributed by atoms with Gasteiger partial charge in [0, 0.05) is 12.2 Å². The molecule has 0 N–H and O–H groups in total. The van der Waals surface area contributed by atoms with Crippen LogP contribution < -0.4 is 4.90 Å². The van der Waals surface area contributed by atoms with Crippen LogP contribution in [-0.2, 0) is 9.53 Å². The molecule has 1 atom stereocenters. The van der Waals surface area contributed by atoms with Crippen LogP contribution in [0.5, 0.6) is 0 Å². The Balaban J connectivity index is 2.12. The van der Waals surface area contributed by atoms with E-state index in [1.807, 2.05) is 37.3 Å². The van der Waals surface area contributed by atoms with Crippen LogP contribution in [0.2, 0.25) is 0 Å². The van der Waals surface area contributed by atoms with E-state index >= 15 is 0 Å². The number of esters is 1. The van der Waals surface area contributed by atoms with Crippen LogP contribution in [0.15, 0.2) is 34.9 Å². The second-order valence-corrected chi connectivity index (χ2v) is 5.16. The van der Waals surface area contributed by atoms with Crippen molar-refractivity contribution in [2.24, 2.45) is 0 Å². The van der Waals surface area contributed by atoms with Gasteiger partial charge in [0.05, 0.1) is 5.69 Å². The van der Waals surface area contributed by atoms with Crippen LogP contribution in [0.3, 0.4) is 0 Å². The molecule has 1 heterocycles. The standard InChI is InChI=1S/C17H20N2O4/c1-5-19(14-9-7-6-8-10-14)16(20)13(4)22-17(21)15-11(2)18-23-12(15)3/h6-10,13H,5H2,1-4H3/t13-/m0/s1. The minimum Gasteiger partial charge on any atom is -0.449 e. The smallest absolute Gasteiger partial charge is 0.344 e. The quantitative estimate of drug-likeness (QED) is 0.793. The lowest BCUT2D eigenvalue weighted by molar-refractivity contribution is -0.126. The average Bonchev–Trinajstić information content (AvgIpc) is 2.87. The number of carbonyl (C=O) groups excluding carboxylic acids is 2. The van der Waals surface area contributed by atoms with Crippen LogP contribution in [0.4, 0.5) is 5.69 Å². The highest BCUT2D eigenvalue weighted by molar-refractivity contribution is 5.99. The van der Waals surface area contributed by atoms with Gasteiger partial charge in [0.15, 0.2) is 6.10 Å². The second kappa shape index (κ2) is 7.09. The third-order valence-electron chi connectivity index (χ3n) is 3.52. The SMILES string of the molecule is CCN(C(=O)[C@H](C)OC(=O)c1c(C)noc1C)c1ccccc1. The van der Waals surface area contributed by atoms with Gasteiger partial charge in [-0.25, -0.2) is 4.79 Å². The van der Waals surface area contributed by atoms with Crippen molar-refractivity contribution in [3.63, 3.8) is 0 Å². The highest BCUT2D eigenvalue weighted by Crippen LogP contribution is 2.18. The molecule has 0 aliphatic heterocycles. The van der Waals surface area contributed by atoms with E-state index in [-0.39, 0.29) is 11.5 Å². The van der Waals surface area contributed by atoms with Crippen LogP contribution in [0.1, 0.15) is 35.7 Å². The normalized spacial score (nSPS) is 11.8. The summed E-state index contributed by atoms with van der Waals surface area (Å²) in [6.45, 7) is 7.20. The van der Waals surface area contributed by atoms with Gasteiger partial charge in [-0.1, -0.05) is 23.4 Å². The van der Waals surface area contributed by atoms with E-state index in [0.717, 1.165) is 5.69 Å². The molecular formula is C17H20N2O4. The summed E-state index contributed by atoms with van der Waals surface area (Å²) in [6.07, 6.45) is -0.906. The number of hydrogen-bond acceptors (Lipinski definition) is 5. The first-order chi connectivity index (χ1) is 11.0. The Morgan fingerprint density at radius 2 is 1.91 bits per heavy atom. The van der Waals surface area contributed by atoms with Crippen molar-refractivity contribution < 1.29 is 18.8 Å². The Kier molecular flexibility index (Phi) is 5.16. The number of aromatic nitrogens is 1. The van der Waals surface area contributed by atoms with E-state index in [1.54, 1.807) is 25.7 Å². The van der Waals surface area contributed by atoms with Gasteiger partial charge in [-0.2, -0.15) is 0 Å². The predicted octanol–water partition coefficient (Wildman–Crippen LogP) is 2.89. The molecule has 6 heteroatoms. The molecule has 1 aromatic heterocycles. The van der Waals surface area contributed by atoms with Gasteiger partial charge in [0.1, 0.15) is 11.3 Å². The Labute approximate surface area is 135 Å². The fraction of sp³-hybridized carbons (Fsp3) is 0.353. The van der Waals surface area contributed by atoms with E-state index in [1.165, 1.54) is 0 Å². The first-order valence-corrected chi connectivity index (χ1v) is 7.46. The van der Waals surface area contributed by atoms with Gasteiger partial charge in [-0.3, -0.25) is 4.79 Å². The maximum absolute atomic E-state index is 12.6. The zero-order valence-corrected chi connectivity index (χ0v) is 13.7. The summed E-state index contributed by atoms with van der Waals surface area (Å²) in [5, 5.41) is 3.72. The summed E-state index contributed by atoms with van der Waals surface area (Å²) < 4.78 is 10.2. The van der Waals surface area contributed by atoms with Crippen molar-refractivity contribution in [1.29, 1.82) is 0 Å². The molecule has 0 unspecified atom stereocenters. The number of benzene rings is 1. The number of carbonyl (C=O) groups is 2. The summed E-state index contributed by atoms with van der Waals surface area (Å²) in [7, 11) is 0. The first-order valence-electron chi connectivity index (χ1n) is 7.46. The number of ether oxygens (including phenoxy) is 1. The fourth-order valence-electron chi connectivity index (χ4n) is 2.34. The summed E-state index contributed by atoms with van der Waals surface area (Å²) in [4.78, 5) is 26.4. The molecule has 0 aliphatic carbocycles. The van der Waals surface area contributed by atoms with Crippen molar-refractivity contribution in [2.45, 2.75) is 33.8 Å². The number of rotatable bonds is 5. The highest BCUT2D eigenvalue weighted by atomic mass is 16.5. The van der Waals surface area contributed by atoms with Gasteiger partial charge in [0.2, 0.25) is 0 Å². The first kappa shape index (κ1) is 16.7. The third kappa shape index (κ3) is 3.59. The third-order valence-corrected chi connectivity index (χ3v) is 3.52. The number of aryl methyl sites for hydroxylation is 2. The van der Waals surface area contributed by atoms with Crippen LogP contribution in [-0.4, -0.2) is 29.7 Å². The summed E-state index contributed by atoms with van der Waals surface area (Å²) >= 11 is 0. The number of para-hydroxylation sites is 1. The van der Waals surface area contributed by atoms with Gasteiger partial charge in [0.25, 0.3) is 5.91 Å². The number of nitrogens with zero attached hydrogens (tertiary/aromatic N) is 2. The molecule has 0 aliphatic rings. The largest absolute Gasteiger partial charge is 0.449 e. The van der Waals surface area contributed by atoms with E-state index in [4.69, 9.17) is 9.26 Å². The number of anilines is 1. The lowest BCUT2D eigenvalue weighted by Crippen LogP contribution is -2.40. The van der Waals surface area contributed by atoms with Crippen molar-refractivity contribution >= 4 is 17.6 Å². The van der Waals surface area contributed by atoms with Crippen molar-refractivity contribution in [2.75, 3.05) is 11.4 Å². The maximum atomic E-state index is 12.6. The fourth-order valence-corrected chi connectivity index (χ4v) is 2.34. The molecule has 2 rings (SSSR count). The zero-order chi connectivity index (χ0) is 17.0. The van der Waals surface area contributed by atoms with Gasteiger partial charge >= 0.3 is 5.97 Å². The Hall–Kier alpha value is -2.63. The van der Waals surface area contributed by atoms with E-state index in [0.29, 0.717) is 18.0 Å². The van der Waals surface area contributed by atoms with Crippen LogP contribution in [0, 0.1) is 13.8 Å². The molecule has 122 valence electrons. The molecule has 0 spiro atoms. The molecule has 6 nitrogen and oxygen atoms in total. The molecule has 0 bridgehead atoms. The Morgan fingerprint density at radius 1 is 1.26 bits per heavy atom. The maximum Gasteiger partial charge on any atom is 0.344 e. The van der Waals surface area contributed by atoms with Crippen LogP contribution in [0.25, 0.3) is 0 Å². The minimum absolute atomic E-state index is 0.271. The van der Waals surface area contributed by atoms with Gasteiger partial charge in [-0.05, 0) is 39.8 Å². The molecule has 1 amide bonds. The molecular weight excluding hydrogens is 296 g/mol. The summed E-state index contributed by atoms with van der Waals surface area (Å²) in [5.74, 6) is -0.507. The van der Waals surface area contributed by atoms with Crippen molar-refractivity contribution in [1.82, 2.24) is 5.16 Å². The Morgan fingerprint density at radius 3 is 2.43 bits per heavy atom. The summed E-state index contributed by atoms with van der Waals surface area (Å²) in [5.41, 5.74) is 1.48. The molecule has 0 saturated carbocycles. The molecule has 1 aromatic carbocycles. The highest BCUT2D eigenvalue weighted by Gasteiger charge is 2.27.